The Kier molecular flexibility index (Phi) is 6.95. The third-order valence-electron chi connectivity index (χ3n) is 8.34. The van der Waals surface area contributed by atoms with E-state index in [1.165, 1.54) is 6.42 Å². The number of ketones is 1. The van der Waals surface area contributed by atoms with E-state index in [1.807, 2.05) is 41.3 Å². The lowest BCUT2D eigenvalue weighted by molar-refractivity contribution is -0.142. The first-order valence-electron chi connectivity index (χ1n) is 13.2. The molecule has 0 spiro atoms. The minimum Gasteiger partial charge on any atom is -0.364 e. The highest BCUT2D eigenvalue weighted by Gasteiger charge is 2.44. The summed E-state index contributed by atoms with van der Waals surface area (Å²) < 4.78 is 0. The number of nitrogens with two attached hydrogens (primary N) is 1. The van der Waals surface area contributed by atoms with Gasteiger partial charge in [0, 0.05) is 35.7 Å². The van der Waals surface area contributed by atoms with Gasteiger partial charge in [-0.15, -0.1) is 0 Å². The van der Waals surface area contributed by atoms with E-state index >= 15 is 0 Å². The molecule has 0 bridgehead atoms. The van der Waals surface area contributed by atoms with Gasteiger partial charge in [-0.3, -0.25) is 14.4 Å². The van der Waals surface area contributed by atoms with E-state index in [9.17, 15) is 14.4 Å². The zero-order valence-corrected chi connectivity index (χ0v) is 20.9. The third kappa shape index (κ3) is 4.81. The number of carbonyl (C=O) groups excluding carboxylic acids is 3. The highest BCUT2D eigenvalue weighted by molar-refractivity contribution is 5.98. The molecular formula is C30H35N3O3. The second-order valence-electron chi connectivity index (χ2n) is 10.5. The third-order valence-corrected chi connectivity index (χ3v) is 8.34. The first kappa shape index (κ1) is 24.3. The van der Waals surface area contributed by atoms with E-state index in [1.54, 1.807) is 6.07 Å². The van der Waals surface area contributed by atoms with Crippen LogP contribution in [-0.4, -0.2) is 40.1 Å². The van der Waals surface area contributed by atoms with E-state index in [0.717, 1.165) is 60.1 Å². The van der Waals surface area contributed by atoms with Gasteiger partial charge in [0.05, 0.1) is 6.04 Å². The van der Waals surface area contributed by atoms with E-state index in [-0.39, 0.29) is 29.9 Å². The Morgan fingerprint density at radius 3 is 2.42 bits per heavy atom. The van der Waals surface area contributed by atoms with Gasteiger partial charge in [-0.1, -0.05) is 49.7 Å². The molecule has 5 rings (SSSR count). The number of Topliss-reactive ketones (excluding diaryl/α,β-unsaturated/α-hetero) is 1. The summed E-state index contributed by atoms with van der Waals surface area (Å²) in [7, 11) is 0. The van der Waals surface area contributed by atoms with Crippen LogP contribution in [0.5, 0.6) is 0 Å². The fraction of sp³-hybridized carbons (Fsp3) is 0.433. The molecule has 0 radical (unpaired) electrons. The van der Waals surface area contributed by atoms with Crippen LogP contribution in [0, 0.1) is 11.8 Å². The second kappa shape index (κ2) is 10.3. The van der Waals surface area contributed by atoms with E-state index in [4.69, 9.17) is 5.73 Å². The average Bonchev–Trinajstić information content (AvgIpc) is 3.54. The van der Waals surface area contributed by atoms with Gasteiger partial charge in [-0.05, 0) is 67.3 Å². The van der Waals surface area contributed by atoms with Crippen molar-refractivity contribution in [3.05, 3.63) is 71.4 Å². The molecule has 2 aliphatic rings. The van der Waals surface area contributed by atoms with Crippen LogP contribution >= 0.6 is 0 Å². The Balaban J connectivity index is 1.39. The van der Waals surface area contributed by atoms with Crippen LogP contribution in [0.3, 0.4) is 0 Å². The number of aromatic nitrogens is 1. The zero-order valence-electron chi connectivity index (χ0n) is 20.9. The summed E-state index contributed by atoms with van der Waals surface area (Å²) in [6.45, 7) is 2.85. The molecule has 2 fully saturated rings. The minimum absolute atomic E-state index is 0.00656. The van der Waals surface area contributed by atoms with Gasteiger partial charge in [0.15, 0.2) is 5.78 Å². The van der Waals surface area contributed by atoms with Gasteiger partial charge in [-0.25, -0.2) is 0 Å². The van der Waals surface area contributed by atoms with Crippen molar-refractivity contribution < 1.29 is 14.4 Å². The number of likely N-dealkylation sites (tertiary alicyclic amines) is 1. The summed E-state index contributed by atoms with van der Waals surface area (Å²) in [5, 5.41) is 0.848. The molecule has 1 unspecified atom stereocenters. The predicted molar refractivity (Wildman–Crippen MR) is 141 cm³/mol. The molecule has 1 saturated carbocycles. The number of H-pyrrole nitrogens is 1. The number of fused-ring (bicyclic) bond motifs is 1. The largest absolute Gasteiger partial charge is 0.364 e. The normalized spacial score (nSPS) is 24.2. The number of aromatic amines is 1. The van der Waals surface area contributed by atoms with E-state index < -0.39 is 11.9 Å². The molecule has 6 nitrogen and oxygen atoms in total. The summed E-state index contributed by atoms with van der Waals surface area (Å²) in [5.41, 5.74) is 8.56. The Morgan fingerprint density at radius 2 is 1.72 bits per heavy atom. The van der Waals surface area contributed by atoms with Crippen molar-refractivity contribution in [2.24, 2.45) is 17.6 Å². The topological polar surface area (TPSA) is 96.3 Å². The Hall–Kier alpha value is -3.41. The molecule has 2 aromatic carbocycles. The summed E-state index contributed by atoms with van der Waals surface area (Å²) in [4.78, 5) is 44.0. The van der Waals surface area contributed by atoms with Crippen LogP contribution in [-0.2, 0) is 16.0 Å². The molecule has 1 aliphatic heterocycles. The molecule has 2 atom stereocenters. The molecule has 1 aromatic heterocycles. The van der Waals surface area contributed by atoms with E-state index in [0.29, 0.717) is 12.2 Å². The Labute approximate surface area is 212 Å². The zero-order chi connectivity index (χ0) is 25.2. The second-order valence-corrected chi connectivity index (χ2v) is 10.5. The van der Waals surface area contributed by atoms with Crippen LogP contribution in [0.1, 0.15) is 73.0 Å². The molecule has 36 heavy (non-hydrogen) atoms. The number of hydrogen-bond acceptors (Lipinski definition) is 3. The lowest BCUT2D eigenvalue weighted by Crippen LogP contribution is -2.46. The van der Waals surface area contributed by atoms with Crippen LogP contribution in [0.4, 0.5) is 0 Å². The van der Waals surface area contributed by atoms with Gasteiger partial charge >= 0.3 is 0 Å². The summed E-state index contributed by atoms with van der Waals surface area (Å²) in [6, 6.07) is 17.1. The number of nitrogens with one attached hydrogen (secondary N) is 1. The lowest BCUT2D eigenvalue weighted by atomic mass is 9.80. The number of amides is 2. The highest BCUT2D eigenvalue weighted by atomic mass is 16.2. The highest BCUT2D eigenvalue weighted by Crippen LogP contribution is 2.38. The first-order chi connectivity index (χ1) is 17.4. The maximum absolute atomic E-state index is 13.9. The van der Waals surface area contributed by atoms with Gasteiger partial charge in [0.2, 0.25) is 5.91 Å². The Morgan fingerprint density at radius 1 is 0.972 bits per heavy atom. The molecule has 2 amide bonds. The number of rotatable bonds is 7. The number of primary amides is 1. The molecule has 6 heteroatoms. The monoisotopic (exact) mass is 485 g/mol. The van der Waals surface area contributed by atoms with Gasteiger partial charge < -0.3 is 15.6 Å². The summed E-state index contributed by atoms with van der Waals surface area (Å²) in [5.74, 6) is 0.478. The van der Waals surface area contributed by atoms with Crippen LogP contribution < -0.4 is 5.73 Å². The molecule has 1 aliphatic carbocycles. The standard InChI is InChI=1S/C30H35N3O3/c1-2-19-8-11-22(12-9-19)30(36)33-15-14-24(21-6-4-3-5-7-21)28(33)27(34)17-20-10-13-25-23(16-20)18-26(32-25)29(31)35/h3-7,10,13,16,18-19,22,24,28,32H,2,8-9,11-12,14-15,17H2,1H3,(H2,31,35)/t19?,22?,24?,28-/m0/s1. The van der Waals surface area contributed by atoms with Crippen LogP contribution in [0.25, 0.3) is 10.9 Å². The fourth-order valence-electron chi connectivity index (χ4n) is 6.27. The summed E-state index contributed by atoms with van der Waals surface area (Å²) in [6.07, 6.45) is 6.28. The predicted octanol–water partition coefficient (Wildman–Crippen LogP) is 4.98. The SMILES string of the molecule is CCC1CCC(C(=O)N2CCC(c3ccccc3)[C@H]2C(=O)Cc2ccc3[nH]c(C(N)=O)cc3c2)CC1. The van der Waals surface area contributed by atoms with Crippen LogP contribution in [0.2, 0.25) is 0 Å². The molecule has 188 valence electrons. The molecular weight excluding hydrogens is 450 g/mol. The quantitative estimate of drug-likeness (QED) is 0.494. The van der Waals surface area contributed by atoms with Crippen molar-refractivity contribution in [3.8, 4) is 0 Å². The lowest BCUT2D eigenvalue weighted by Gasteiger charge is -2.33. The fourth-order valence-corrected chi connectivity index (χ4v) is 6.27. The van der Waals surface area contributed by atoms with Crippen molar-refractivity contribution in [1.82, 2.24) is 9.88 Å². The van der Waals surface area contributed by atoms with Gasteiger partial charge in [0.1, 0.15) is 5.69 Å². The van der Waals surface area contributed by atoms with Crippen molar-refractivity contribution in [1.29, 1.82) is 0 Å². The van der Waals surface area contributed by atoms with Crippen LogP contribution in [0.15, 0.2) is 54.6 Å². The smallest absolute Gasteiger partial charge is 0.265 e. The van der Waals surface area contributed by atoms with Crippen molar-refractivity contribution in [2.75, 3.05) is 6.54 Å². The number of benzene rings is 2. The van der Waals surface area contributed by atoms with Gasteiger partial charge in [-0.2, -0.15) is 0 Å². The maximum atomic E-state index is 13.9. The number of hydrogen-bond donors (Lipinski definition) is 2. The first-order valence-corrected chi connectivity index (χ1v) is 13.2. The van der Waals surface area contributed by atoms with E-state index in [2.05, 4.69) is 24.0 Å². The minimum atomic E-state index is -0.511. The Bertz CT molecular complexity index is 1260. The van der Waals surface area contributed by atoms with Gasteiger partial charge in [0.25, 0.3) is 5.91 Å². The van der Waals surface area contributed by atoms with Crippen molar-refractivity contribution >= 4 is 28.5 Å². The molecule has 3 N–H and O–H groups in total. The number of nitrogens with zero attached hydrogens (tertiary/aromatic N) is 1. The molecule has 3 aromatic rings. The van der Waals surface area contributed by atoms with Crippen molar-refractivity contribution in [2.45, 2.75) is 63.8 Å². The summed E-state index contributed by atoms with van der Waals surface area (Å²) >= 11 is 0. The molecule has 1 saturated heterocycles. The molecule has 2 heterocycles. The number of carbonyl (C=O) groups is 3. The average molecular weight is 486 g/mol. The maximum Gasteiger partial charge on any atom is 0.265 e. The van der Waals surface area contributed by atoms with Crippen molar-refractivity contribution in [3.63, 3.8) is 0 Å².